The van der Waals surface area contributed by atoms with Gasteiger partial charge in [0.25, 0.3) is 0 Å². The number of anilines is 2. The van der Waals surface area contributed by atoms with E-state index < -0.39 is 0 Å². The molecule has 0 heterocycles. The Morgan fingerprint density at radius 2 is 1.90 bits per heavy atom. The number of carbonyl (C=O) groups is 1. The van der Waals surface area contributed by atoms with Gasteiger partial charge in [-0.3, -0.25) is 4.79 Å². The zero-order valence-corrected chi connectivity index (χ0v) is 13.3. The van der Waals surface area contributed by atoms with Crippen LogP contribution in [0.3, 0.4) is 0 Å². The lowest BCUT2D eigenvalue weighted by atomic mass is 10.2. The van der Waals surface area contributed by atoms with Gasteiger partial charge in [0.1, 0.15) is 0 Å². The van der Waals surface area contributed by atoms with Crippen molar-refractivity contribution >= 4 is 44.8 Å². The van der Waals surface area contributed by atoms with Crippen molar-refractivity contribution in [2.75, 3.05) is 17.2 Å². The Hall–Kier alpha value is -1.52. The molecule has 2 rings (SSSR count). The summed E-state index contributed by atoms with van der Waals surface area (Å²) in [5.74, 6) is -0.0957. The Morgan fingerprint density at radius 3 is 2.55 bits per heavy atom. The van der Waals surface area contributed by atoms with Crippen molar-refractivity contribution in [2.24, 2.45) is 0 Å². The van der Waals surface area contributed by atoms with Crippen molar-refractivity contribution in [1.29, 1.82) is 0 Å². The maximum Gasteiger partial charge on any atom is 0.243 e. The van der Waals surface area contributed by atoms with Gasteiger partial charge in [-0.15, -0.1) is 0 Å². The molecule has 0 aliphatic rings. The maximum absolute atomic E-state index is 11.8. The highest BCUT2D eigenvalue weighted by Gasteiger charge is 2.04. The smallest absolute Gasteiger partial charge is 0.243 e. The number of hydrogen-bond acceptors (Lipinski definition) is 2. The summed E-state index contributed by atoms with van der Waals surface area (Å²) >= 11 is 9.24. The number of rotatable bonds is 4. The number of halogens is 2. The van der Waals surface area contributed by atoms with Crippen LogP contribution < -0.4 is 10.6 Å². The number of aryl methyl sites for hydroxylation is 1. The molecule has 2 N–H and O–H groups in total. The van der Waals surface area contributed by atoms with Gasteiger partial charge < -0.3 is 10.6 Å². The van der Waals surface area contributed by atoms with Gasteiger partial charge in [-0.1, -0.05) is 27.5 Å². The van der Waals surface area contributed by atoms with E-state index in [0.717, 1.165) is 21.4 Å². The Balaban J connectivity index is 1.90. The van der Waals surface area contributed by atoms with Crippen molar-refractivity contribution < 1.29 is 4.79 Å². The van der Waals surface area contributed by atoms with Crippen LogP contribution in [0.15, 0.2) is 46.9 Å². The average Bonchev–Trinajstić information content (AvgIpc) is 2.40. The predicted octanol–water partition coefficient (Wildman–Crippen LogP) is 4.46. The minimum atomic E-state index is -0.0957. The van der Waals surface area contributed by atoms with Gasteiger partial charge in [0.05, 0.1) is 6.54 Å². The molecule has 0 saturated heterocycles. The quantitative estimate of drug-likeness (QED) is 0.852. The first-order valence-electron chi connectivity index (χ1n) is 6.10. The standard InChI is InChI=1S/C15H14BrClN2O/c1-10-8-12(17)4-7-14(10)18-9-15(20)19-13-5-2-11(16)3-6-13/h2-8,18H,9H2,1H3,(H,19,20). The average molecular weight is 354 g/mol. The summed E-state index contributed by atoms with van der Waals surface area (Å²) in [4.78, 5) is 11.8. The summed E-state index contributed by atoms with van der Waals surface area (Å²) in [6, 6.07) is 13.0. The number of hydrogen-bond donors (Lipinski definition) is 2. The number of benzene rings is 2. The molecule has 0 aliphatic carbocycles. The number of amides is 1. The first-order valence-corrected chi connectivity index (χ1v) is 7.27. The first-order chi connectivity index (χ1) is 9.54. The second-order valence-electron chi connectivity index (χ2n) is 4.37. The van der Waals surface area contributed by atoms with Crippen molar-refractivity contribution in [3.05, 3.63) is 57.5 Å². The number of nitrogens with one attached hydrogen (secondary N) is 2. The van der Waals surface area contributed by atoms with Gasteiger partial charge in [-0.2, -0.15) is 0 Å². The van der Waals surface area contributed by atoms with Gasteiger partial charge in [-0.05, 0) is 55.0 Å². The first kappa shape index (κ1) is 14.9. The third-order valence-electron chi connectivity index (χ3n) is 2.76. The van der Waals surface area contributed by atoms with Crippen LogP contribution in [-0.2, 0) is 4.79 Å². The molecule has 0 radical (unpaired) electrons. The van der Waals surface area contributed by atoms with Crippen LogP contribution in [-0.4, -0.2) is 12.5 Å². The van der Waals surface area contributed by atoms with Gasteiger partial charge in [0, 0.05) is 20.9 Å². The Morgan fingerprint density at radius 1 is 1.20 bits per heavy atom. The molecule has 2 aromatic carbocycles. The Bertz CT molecular complexity index is 614. The van der Waals surface area contributed by atoms with Crippen LogP contribution in [0.25, 0.3) is 0 Å². The zero-order valence-electron chi connectivity index (χ0n) is 10.9. The van der Waals surface area contributed by atoms with Gasteiger partial charge >= 0.3 is 0 Å². The SMILES string of the molecule is Cc1cc(Cl)ccc1NCC(=O)Nc1ccc(Br)cc1. The Labute approximate surface area is 131 Å². The molecule has 0 spiro atoms. The molecule has 0 aliphatic heterocycles. The Kier molecular flexibility index (Phi) is 5.04. The highest BCUT2D eigenvalue weighted by Crippen LogP contribution is 2.19. The molecule has 0 bridgehead atoms. The molecule has 5 heteroatoms. The van der Waals surface area contributed by atoms with Gasteiger partial charge in [0.2, 0.25) is 5.91 Å². The molecule has 3 nitrogen and oxygen atoms in total. The van der Waals surface area contributed by atoms with Crippen molar-refractivity contribution in [3.8, 4) is 0 Å². The lowest BCUT2D eigenvalue weighted by Gasteiger charge is -2.10. The van der Waals surface area contributed by atoms with E-state index in [4.69, 9.17) is 11.6 Å². The van der Waals surface area contributed by atoms with Gasteiger partial charge in [0.15, 0.2) is 0 Å². The third kappa shape index (κ3) is 4.25. The molecule has 0 atom stereocenters. The molecular weight excluding hydrogens is 340 g/mol. The van der Waals surface area contributed by atoms with E-state index in [2.05, 4.69) is 26.6 Å². The van der Waals surface area contributed by atoms with Crippen LogP contribution in [0.5, 0.6) is 0 Å². The van der Waals surface area contributed by atoms with Crippen LogP contribution in [0.4, 0.5) is 11.4 Å². The minimum Gasteiger partial charge on any atom is -0.376 e. The summed E-state index contributed by atoms with van der Waals surface area (Å²) in [5.41, 5.74) is 2.68. The monoisotopic (exact) mass is 352 g/mol. The third-order valence-corrected chi connectivity index (χ3v) is 3.52. The summed E-state index contributed by atoms with van der Waals surface area (Å²) in [6.07, 6.45) is 0. The molecule has 0 aromatic heterocycles. The molecule has 0 fully saturated rings. The molecule has 2 aromatic rings. The topological polar surface area (TPSA) is 41.1 Å². The fourth-order valence-corrected chi connectivity index (χ4v) is 2.23. The molecular formula is C15H14BrClN2O. The van der Waals surface area contributed by atoms with Crippen molar-refractivity contribution in [3.63, 3.8) is 0 Å². The molecule has 20 heavy (non-hydrogen) atoms. The zero-order chi connectivity index (χ0) is 14.5. The van der Waals surface area contributed by atoms with Crippen LogP contribution in [0, 0.1) is 6.92 Å². The summed E-state index contributed by atoms with van der Waals surface area (Å²) in [7, 11) is 0. The summed E-state index contributed by atoms with van der Waals surface area (Å²) in [5, 5.41) is 6.60. The van der Waals surface area contributed by atoms with E-state index in [1.807, 2.05) is 43.3 Å². The van der Waals surface area contributed by atoms with Crippen molar-refractivity contribution in [1.82, 2.24) is 0 Å². The minimum absolute atomic E-state index is 0.0957. The van der Waals surface area contributed by atoms with Gasteiger partial charge in [-0.25, -0.2) is 0 Å². The normalized spacial score (nSPS) is 10.2. The fraction of sp³-hybridized carbons (Fsp3) is 0.133. The van der Waals surface area contributed by atoms with E-state index in [-0.39, 0.29) is 12.5 Å². The highest BCUT2D eigenvalue weighted by molar-refractivity contribution is 9.10. The van der Waals surface area contributed by atoms with E-state index in [0.29, 0.717) is 5.02 Å². The second kappa shape index (κ2) is 6.77. The van der Waals surface area contributed by atoms with E-state index in [9.17, 15) is 4.79 Å². The summed E-state index contributed by atoms with van der Waals surface area (Å²) in [6.45, 7) is 2.15. The van der Waals surface area contributed by atoms with E-state index in [1.165, 1.54) is 0 Å². The molecule has 1 amide bonds. The second-order valence-corrected chi connectivity index (χ2v) is 5.72. The van der Waals surface area contributed by atoms with E-state index >= 15 is 0 Å². The van der Waals surface area contributed by atoms with Crippen LogP contribution in [0.2, 0.25) is 5.02 Å². The highest BCUT2D eigenvalue weighted by atomic mass is 79.9. The predicted molar refractivity (Wildman–Crippen MR) is 87.5 cm³/mol. The molecule has 0 unspecified atom stereocenters. The molecule has 0 saturated carbocycles. The van der Waals surface area contributed by atoms with Crippen LogP contribution >= 0.6 is 27.5 Å². The maximum atomic E-state index is 11.8. The largest absolute Gasteiger partial charge is 0.376 e. The summed E-state index contributed by atoms with van der Waals surface area (Å²) < 4.78 is 0.977. The van der Waals surface area contributed by atoms with Crippen LogP contribution in [0.1, 0.15) is 5.56 Å². The fourth-order valence-electron chi connectivity index (χ4n) is 1.74. The van der Waals surface area contributed by atoms with Crippen molar-refractivity contribution in [2.45, 2.75) is 6.92 Å². The molecule has 104 valence electrons. The lowest BCUT2D eigenvalue weighted by molar-refractivity contribution is -0.114. The van der Waals surface area contributed by atoms with E-state index in [1.54, 1.807) is 6.07 Å². The lowest BCUT2D eigenvalue weighted by Crippen LogP contribution is -2.22. The number of carbonyl (C=O) groups excluding carboxylic acids is 1.